The molecule has 0 aliphatic rings. The van der Waals surface area contributed by atoms with E-state index in [4.69, 9.17) is 0 Å². The summed E-state index contributed by atoms with van der Waals surface area (Å²) in [5.74, 6) is 0. The highest BCUT2D eigenvalue weighted by molar-refractivity contribution is 5.48. The van der Waals surface area contributed by atoms with E-state index in [0.717, 1.165) is 30.9 Å². The van der Waals surface area contributed by atoms with Crippen LogP contribution in [0.1, 0.15) is 18.9 Å². The molecule has 0 saturated heterocycles. The molecule has 0 bridgehead atoms. The molecule has 3 rings (SSSR count). The van der Waals surface area contributed by atoms with Crippen molar-refractivity contribution >= 4 is 5.69 Å². The van der Waals surface area contributed by atoms with Gasteiger partial charge < -0.3 is 5.32 Å². The van der Waals surface area contributed by atoms with Gasteiger partial charge in [-0.3, -0.25) is 4.68 Å². The Balaban J connectivity index is 1.60. The Bertz CT molecular complexity index is 670. The van der Waals surface area contributed by atoms with Crippen LogP contribution in [0.15, 0.2) is 43.0 Å². The Morgan fingerprint density at radius 1 is 1.19 bits per heavy atom. The number of benzene rings is 1. The van der Waals surface area contributed by atoms with Crippen molar-refractivity contribution in [3.8, 4) is 5.69 Å². The fourth-order valence-electron chi connectivity index (χ4n) is 2.06. The van der Waals surface area contributed by atoms with E-state index in [1.54, 1.807) is 11.0 Å². The largest absolute Gasteiger partial charge is 0.381 e. The third kappa shape index (κ3) is 3.25. The third-order valence-electron chi connectivity index (χ3n) is 3.12. The number of aromatic nitrogens is 6. The van der Waals surface area contributed by atoms with Crippen LogP contribution in [0.4, 0.5) is 5.69 Å². The van der Waals surface area contributed by atoms with E-state index >= 15 is 0 Å². The molecule has 0 amide bonds. The number of tetrazole rings is 1. The first-order valence-electron chi connectivity index (χ1n) is 6.94. The molecule has 0 aliphatic heterocycles. The third-order valence-corrected chi connectivity index (χ3v) is 3.12. The van der Waals surface area contributed by atoms with Gasteiger partial charge in [-0.2, -0.15) is 5.10 Å². The highest BCUT2D eigenvalue weighted by atomic mass is 15.5. The van der Waals surface area contributed by atoms with Gasteiger partial charge in [-0.1, -0.05) is 6.92 Å². The SMILES string of the molecule is CCCn1cc(CNc2ccc(-n3cnnn3)cc2)cn1. The van der Waals surface area contributed by atoms with Crippen molar-refractivity contribution in [1.29, 1.82) is 0 Å². The lowest BCUT2D eigenvalue weighted by Gasteiger charge is -2.06. The molecule has 0 saturated carbocycles. The highest BCUT2D eigenvalue weighted by Crippen LogP contribution is 2.13. The summed E-state index contributed by atoms with van der Waals surface area (Å²) in [6, 6.07) is 7.96. The Morgan fingerprint density at radius 3 is 2.76 bits per heavy atom. The second kappa shape index (κ2) is 6.17. The fraction of sp³-hybridized carbons (Fsp3) is 0.286. The number of hydrogen-bond acceptors (Lipinski definition) is 5. The van der Waals surface area contributed by atoms with Crippen molar-refractivity contribution in [3.05, 3.63) is 48.5 Å². The maximum atomic E-state index is 4.32. The monoisotopic (exact) mass is 283 g/mol. The van der Waals surface area contributed by atoms with Crippen LogP contribution in [0, 0.1) is 0 Å². The van der Waals surface area contributed by atoms with Crippen LogP contribution < -0.4 is 5.32 Å². The molecule has 2 aromatic heterocycles. The summed E-state index contributed by atoms with van der Waals surface area (Å²) in [5.41, 5.74) is 3.16. The molecule has 1 aromatic carbocycles. The molecule has 0 atom stereocenters. The van der Waals surface area contributed by atoms with Crippen LogP contribution >= 0.6 is 0 Å². The molecule has 0 unspecified atom stereocenters. The number of rotatable bonds is 6. The van der Waals surface area contributed by atoms with Crippen molar-refractivity contribution in [3.63, 3.8) is 0 Å². The summed E-state index contributed by atoms with van der Waals surface area (Å²) < 4.78 is 3.59. The molecule has 7 nitrogen and oxygen atoms in total. The van der Waals surface area contributed by atoms with Gasteiger partial charge in [-0.05, 0) is 41.1 Å². The van der Waals surface area contributed by atoms with E-state index in [1.807, 2.05) is 35.1 Å². The normalized spacial score (nSPS) is 10.7. The van der Waals surface area contributed by atoms with Crippen molar-refractivity contribution in [2.45, 2.75) is 26.4 Å². The fourth-order valence-corrected chi connectivity index (χ4v) is 2.06. The molecule has 1 N–H and O–H groups in total. The summed E-state index contributed by atoms with van der Waals surface area (Å²) in [4.78, 5) is 0. The van der Waals surface area contributed by atoms with Crippen LogP contribution in [-0.2, 0) is 13.1 Å². The van der Waals surface area contributed by atoms with Gasteiger partial charge in [-0.25, -0.2) is 4.68 Å². The van der Waals surface area contributed by atoms with Crippen molar-refractivity contribution in [2.24, 2.45) is 0 Å². The van der Waals surface area contributed by atoms with Gasteiger partial charge in [-0.15, -0.1) is 5.10 Å². The van der Waals surface area contributed by atoms with Gasteiger partial charge in [0.1, 0.15) is 6.33 Å². The highest BCUT2D eigenvalue weighted by Gasteiger charge is 2.00. The number of anilines is 1. The minimum Gasteiger partial charge on any atom is -0.381 e. The lowest BCUT2D eigenvalue weighted by atomic mass is 10.2. The number of nitrogens with one attached hydrogen (secondary N) is 1. The average Bonchev–Trinajstić information content (AvgIpc) is 3.18. The van der Waals surface area contributed by atoms with Crippen molar-refractivity contribution in [1.82, 2.24) is 30.0 Å². The van der Waals surface area contributed by atoms with E-state index in [2.05, 4.69) is 39.1 Å². The summed E-state index contributed by atoms with van der Waals surface area (Å²) in [5, 5.41) is 18.8. The number of hydrogen-bond donors (Lipinski definition) is 1. The molecule has 3 aromatic rings. The number of nitrogens with zero attached hydrogens (tertiary/aromatic N) is 6. The Kier molecular flexibility index (Phi) is 3.90. The first kappa shape index (κ1) is 13.3. The quantitative estimate of drug-likeness (QED) is 0.747. The molecule has 0 aliphatic carbocycles. The Hall–Kier alpha value is -2.70. The maximum absolute atomic E-state index is 4.32. The lowest BCUT2D eigenvalue weighted by molar-refractivity contribution is 0.602. The molecule has 7 heteroatoms. The van der Waals surface area contributed by atoms with E-state index < -0.39 is 0 Å². The predicted octanol–water partition coefficient (Wildman–Crippen LogP) is 1.88. The van der Waals surface area contributed by atoms with Crippen LogP contribution in [0.2, 0.25) is 0 Å². The van der Waals surface area contributed by atoms with E-state index in [0.29, 0.717) is 0 Å². The topological polar surface area (TPSA) is 73.5 Å². The molecule has 2 heterocycles. The molecular weight excluding hydrogens is 266 g/mol. The zero-order valence-corrected chi connectivity index (χ0v) is 11.8. The summed E-state index contributed by atoms with van der Waals surface area (Å²) >= 11 is 0. The summed E-state index contributed by atoms with van der Waals surface area (Å²) in [6.45, 7) is 3.86. The molecule has 108 valence electrons. The Labute approximate surface area is 122 Å². The van der Waals surface area contributed by atoms with Crippen LogP contribution in [0.3, 0.4) is 0 Å². The van der Waals surface area contributed by atoms with E-state index in [9.17, 15) is 0 Å². The second-order valence-corrected chi connectivity index (χ2v) is 4.77. The molecule has 0 radical (unpaired) electrons. The van der Waals surface area contributed by atoms with Gasteiger partial charge in [0, 0.05) is 30.5 Å². The second-order valence-electron chi connectivity index (χ2n) is 4.77. The van der Waals surface area contributed by atoms with Gasteiger partial charge in [0.15, 0.2) is 0 Å². The first-order chi connectivity index (χ1) is 10.3. The molecule has 0 spiro atoms. The van der Waals surface area contributed by atoms with Gasteiger partial charge in [0.25, 0.3) is 0 Å². The zero-order valence-electron chi connectivity index (χ0n) is 11.8. The van der Waals surface area contributed by atoms with Gasteiger partial charge in [0.05, 0.1) is 11.9 Å². The molecule has 0 fully saturated rings. The van der Waals surface area contributed by atoms with Gasteiger partial charge >= 0.3 is 0 Å². The zero-order chi connectivity index (χ0) is 14.5. The summed E-state index contributed by atoms with van der Waals surface area (Å²) in [7, 11) is 0. The van der Waals surface area contributed by atoms with E-state index in [1.165, 1.54) is 5.56 Å². The minimum atomic E-state index is 0.758. The smallest absolute Gasteiger partial charge is 0.143 e. The standard InChI is InChI=1S/C14H17N7/c1-2-7-20-10-12(9-17-20)8-15-13-3-5-14(6-4-13)21-11-16-18-19-21/h3-6,9-11,15H,2,7-8H2,1H3. The van der Waals surface area contributed by atoms with E-state index in [-0.39, 0.29) is 0 Å². The maximum Gasteiger partial charge on any atom is 0.143 e. The first-order valence-corrected chi connectivity index (χ1v) is 6.94. The minimum absolute atomic E-state index is 0.758. The predicted molar refractivity (Wildman–Crippen MR) is 79.0 cm³/mol. The Morgan fingerprint density at radius 2 is 2.05 bits per heavy atom. The molecule has 21 heavy (non-hydrogen) atoms. The average molecular weight is 283 g/mol. The van der Waals surface area contributed by atoms with Crippen molar-refractivity contribution < 1.29 is 0 Å². The molecular formula is C14H17N7. The number of aryl methyl sites for hydroxylation is 1. The van der Waals surface area contributed by atoms with Crippen LogP contribution in [-0.4, -0.2) is 30.0 Å². The lowest BCUT2D eigenvalue weighted by Crippen LogP contribution is -2.00. The van der Waals surface area contributed by atoms with Crippen LogP contribution in [0.5, 0.6) is 0 Å². The van der Waals surface area contributed by atoms with Crippen LogP contribution in [0.25, 0.3) is 5.69 Å². The van der Waals surface area contributed by atoms with Crippen molar-refractivity contribution in [2.75, 3.05) is 5.32 Å². The van der Waals surface area contributed by atoms with Gasteiger partial charge in [0.2, 0.25) is 0 Å². The summed E-state index contributed by atoms with van der Waals surface area (Å²) in [6.07, 6.45) is 6.64.